The Kier molecular flexibility index (Phi) is 3.81. The van der Waals surface area contributed by atoms with Gasteiger partial charge in [0.1, 0.15) is 17.2 Å². The summed E-state index contributed by atoms with van der Waals surface area (Å²) in [5.41, 5.74) is 0. The van der Waals surface area contributed by atoms with Crippen molar-refractivity contribution < 1.29 is 4.79 Å². The lowest BCUT2D eigenvalue weighted by molar-refractivity contribution is 0.250. The summed E-state index contributed by atoms with van der Waals surface area (Å²) in [4.78, 5) is 17.0. The molecule has 0 rings (SSSR count). The predicted octanol–water partition coefficient (Wildman–Crippen LogP) is 1.10. The van der Waals surface area contributed by atoms with Gasteiger partial charge in [-0.2, -0.15) is 0 Å². The molecule has 0 aromatic heterocycles. The molecule has 0 bridgehead atoms. The molecule has 0 fully saturated rings. The number of carbonyl (C=O) groups excluding carboxylic acids is 1. The maximum Gasteiger partial charge on any atom is 0.298 e. The van der Waals surface area contributed by atoms with E-state index in [-0.39, 0.29) is 6.03 Å². The standard InChI is InChI=1S/C6H18N2OSi2/c1-10(2)7-6(9)8-11(3,4)5/h10H,1-5H3,(H2,7,8,9). The second-order valence-electron chi connectivity index (χ2n) is 4.00. The van der Waals surface area contributed by atoms with Gasteiger partial charge < -0.3 is 9.96 Å². The summed E-state index contributed by atoms with van der Waals surface area (Å²) in [5.74, 6) is 0. The first-order chi connectivity index (χ1) is 4.81. The summed E-state index contributed by atoms with van der Waals surface area (Å²) >= 11 is 0. The van der Waals surface area contributed by atoms with Gasteiger partial charge in [-0.05, 0) is 0 Å². The van der Waals surface area contributed by atoms with Crippen LogP contribution in [0.4, 0.5) is 4.79 Å². The Morgan fingerprint density at radius 3 is 2.00 bits per heavy atom. The van der Waals surface area contributed by atoms with Crippen molar-refractivity contribution in [2.75, 3.05) is 0 Å². The van der Waals surface area contributed by atoms with Gasteiger partial charge in [-0.3, -0.25) is 4.79 Å². The lowest BCUT2D eigenvalue weighted by Crippen LogP contribution is -2.52. The first-order valence-corrected chi connectivity index (χ1v) is 10.3. The van der Waals surface area contributed by atoms with Crippen LogP contribution in [0.2, 0.25) is 32.7 Å². The Balaban J connectivity index is 3.71. The number of urea groups is 1. The average Bonchev–Trinajstić information content (AvgIpc) is 1.53. The van der Waals surface area contributed by atoms with E-state index in [1.165, 1.54) is 0 Å². The van der Waals surface area contributed by atoms with Crippen molar-refractivity contribution >= 4 is 23.2 Å². The maximum atomic E-state index is 11.1. The minimum absolute atomic E-state index is 0.0193. The number of hydrogen-bond acceptors (Lipinski definition) is 1. The van der Waals surface area contributed by atoms with E-state index in [0.29, 0.717) is 0 Å². The normalized spacial score (nSPS) is 11.5. The van der Waals surface area contributed by atoms with Gasteiger partial charge in [-0.15, -0.1) is 0 Å². The van der Waals surface area contributed by atoms with Crippen molar-refractivity contribution in [2.45, 2.75) is 32.7 Å². The van der Waals surface area contributed by atoms with Crippen LogP contribution in [0.15, 0.2) is 0 Å². The number of nitrogens with one attached hydrogen (secondary N) is 2. The van der Waals surface area contributed by atoms with Crippen LogP contribution >= 0.6 is 0 Å². The van der Waals surface area contributed by atoms with Crippen LogP contribution in [0.3, 0.4) is 0 Å². The van der Waals surface area contributed by atoms with E-state index in [1.54, 1.807) is 0 Å². The molecule has 0 aromatic carbocycles. The van der Waals surface area contributed by atoms with Gasteiger partial charge in [-0.25, -0.2) is 0 Å². The van der Waals surface area contributed by atoms with Gasteiger partial charge in [-0.1, -0.05) is 32.7 Å². The number of carbonyl (C=O) groups is 1. The molecule has 0 heterocycles. The van der Waals surface area contributed by atoms with Gasteiger partial charge in [0.2, 0.25) is 0 Å². The number of amides is 2. The highest BCUT2D eigenvalue weighted by atomic mass is 28.3. The van der Waals surface area contributed by atoms with Crippen LogP contribution in [-0.4, -0.2) is 23.2 Å². The predicted molar refractivity (Wildman–Crippen MR) is 53.9 cm³/mol. The Hall–Kier alpha value is -0.296. The van der Waals surface area contributed by atoms with Crippen molar-refractivity contribution in [1.29, 1.82) is 0 Å². The lowest BCUT2D eigenvalue weighted by atomic mass is 11.2. The first kappa shape index (κ1) is 10.7. The fourth-order valence-electron chi connectivity index (χ4n) is 0.639. The van der Waals surface area contributed by atoms with Gasteiger partial charge in [0.05, 0.1) is 0 Å². The fourth-order valence-corrected chi connectivity index (χ4v) is 2.13. The minimum atomic E-state index is -1.43. The van der Waals surface area contributed by atoms with Crippen molar-refractivity contribution in [2.24, 2.45) is 0 Å². The van der Waals surface area contributed by atoms with Crippen molar-refractivity contribution in [1.82, 2.24) is 9.96 Å². The zero-order chi connectivity index (χ0) is 9.07. The molecule has 0 spiro atoms. The van der Waals surface area contributed by atoms with Crippen LogP contribution in [0.5, 0.6) is 0 Å². The van der Waals surface area contributed by atoms with Gasteiger partial charge in [0.25, 0.3) is 6.03 Å². The molecule has 0 saturated carbocycles. The third-order valence-corrected chi connectivity index (χ3v) is 2.72. The zero-order valence-corrected chi connectivity index (χ0v) is 10.1. The number of rotatable bonds is 2. The second-order valence-corrected chi connectivity index (χ2v) is 11.4. The summed E-state index contributed by atoms with van der Waals surface area (Å²) in [7, 11) is -2.38. The summed E-state index contributed by atoms with van der Waals surface area (Å²) in [5, 5.41) is 0. The largest absolute Gasteiger partial charge is 0.368 e. The van der Waals surface area contributed by atoms with Crippen molar-refractivity contribution in [3.63, 3.8) is 0 Å². The van der Waals surface area contributed by atoms with Crippen molar-refractivity contribution in [3.05, 3.63) is 0 Å². The van der Waals surface area contributed by atoms with E-state index in [9.17, 15) is 4.79 Å². The summed E-state index contributed by atoms with van der Waals surface area (Å²) in [6, 6.07) is 0.0193. The molecule has 0 aliphatic rings. The Morgan fingerprint density at radius 1 is 1.27 bits per heavy atom. The molecule has 5 heteroatoms. The SMILES string of the molecule is C[SiH](C)NC(=O)N[Si](C)(C)C. The molecular weight excluding hydrogens is 172 g/mol. The lowest BCUT2D eigenvalue weighted by Gasteiger charge is -2.19. The molecule has 2 amide bonds. The van der Waals surface area contributed by atoms with Gasteiger partial charge in [0, 0.05) is 0 Å². The fraction of sp³-hybridized carbons (Fsp3) is 0.833. The highest BCUT2D eigenvalue weighted by Gasteiger charge is 2.16. The highest BCUT2D eigenvalue weighted by Crippen LogP contribution is 1.93. The quantitative estimate of drug-likeness (QED) is 0.629. The van der Waals surface area contributed by atoms with E-state index < -0.39 is 17.2 Å². The molecule has 0 aromatic rings. The molecular formula is C6H18N2OSi2. The molecule has 0 aliphatic carbocycles. The minimum Gasteiger partial charge on any atom is -0.368 e. The molecule has 2 N–H and O–H groups in total. The van der Waals surface area contributed by atoms with Crippen LogP contribution < -0.4 is 9.96 Å². The summed E-state index contributed by atoms with van der Waals surface area (Å²) in [6.07, 6.45) is 0. The highest BCUT2D eigenvalue weighted by molar-refractivity contribution is 6.76. The van der Waals surface area contributed by atoms with E-state index >= 15 is 0 Å². The van der Waals surface area contributed by atoms with Gasteiger partial charge in [0.15, 0.2) is 0 Å². The zero-order valence-electron chi connectivity index (χ0n) is 7.99. The third kappa shape index (κ3) is 7.60. The summed E-state index contributed by atoms with van der Waals surface area (Å²) < 4.78 is 0. The van der Waals surface area contributed by atoms with E-state index in [4.69, 9.17) is 0 Å². The Morgan fingerprint density at radius 2 is 1.73 bits per heavy atom. The maximum absolute atomic E-state index is 11.1. The van der Waals surface area contributed by atoms with Crippen LogP contribution in [0, 0.1) is 0 Å². The topological polar surface area (TPSA) is 41.1 Å². The first-order valence-electron chi connectivity index (χ1n) is 3.90. The molecule has 0 aliphatic heterocycles. The summed E-state index contributed by atoms with van der Waals surface area (Å²) in [6.45, 7) is 10.5. The monoisotopic (exact) mass is 190 g/mol. The molecule has 0 atom stereocenters. The van der Waals surface area contributed by atoms with Crippen LogP contribution in [0.1, 0.15) is 0 Å². The van der Waals surface area contributed by atoms with Crippen LogP contribution in [-0.2, 0) is 0 Å². The average molecular weight is 190 g/mol. The van der Waals surface area contributed by atoms with Crippen LogP contribution in [0.25, 0.3) is 0 Å². The van der Waals surface area contributed by atoms with Gasteiger partial charge >= 0.3 is 0 Å². The third-order valence-electron chi connectivity index (χ3n) is 0.908. The second kappa shape index (κ2) is 3.91. The molecule has 11 heavy (non-hydrogen) atoms. The Bertz CT molecular complexity index is 142. The molecule has 0 unspecified atom stereocenters. The van der Waals surface area contributed by atoms with Crippen molar-refractivity contribution in [3.8, 4) is 0 Å². The number of hydrogen-bond donors (Lipinski definition) is 2. The molecule has 0 saturated heterocycles. The molecule has 0 radical (unpaired) electrons. The van der Waals surface area contributed by atoms with E-state index in [1.807, 2.05) is 0 Å². The Labute approximate surface area is 71.3 Å². The smallest absolute Gasteiger partial charge is 0.298 e. The van der Waals surface area contributed by atoms with E-state index in [2.05, 4.69) is 42.7 Å². The van der Waals surface area contributed by atoms with E-state index in [0.717, 1.165) is 0 Å². The molecule has 3 nitrogen and oxygen atoms in total. The molecule has 66 valence electrons.